The lowest BCUT2D eigenvalue weighted by atomic mass is 10.1. The third kappa shape index (κ3) is 5.70. The molecule has 0 spiro atoms. The predicted octanol–water partition coefficient (Wildman–Crippen LogP) is 4.95. The molecule has 1 amide bonds. The fourth-order valence-corrected chi connectivity index (χ4v) is 3.07. The van der Waals surface area contributed by atoms with E-state index in [1.807, 2.05) is 97.1 Å². The molecule has 0 aliphatic heterocycles. The standard InChI is InChI=1S/C26H22N2O3/c29-26(19-30-24-15-14-21-10-4-5-11-22(21)16-24)28-27-17-23-12-6-7-13-25(23)31-18-20-8-2-1-3-9-20/h1-17H,18-19H2,(H,28,29)/b27-17+. The maximum absolute atomic E-state index is 12.1. The average Bonchev–Trinajstić information content (AvgIpc) is 2.82. The molecule has 154 valence electrons. The van der Waals surface area contributed by atoms with Gasteiger partial charge >= 0.3 is 0 Å². The highest BCUT2D eigenvalue weighted by molar-refractivity contribution is 5.86. The van der Waals surface area contributed by atoms with Crippen LogP contribution in [0.3, 0.4) is 0 Å². The first-order chi connectivity index (χ1) is 15.3. The molecular weight excluding hydrogens is 388 g/mol. The first kappa shape index (κ1) is 20.2. The van der Waals surface area contributed by atoms with Gasteiger partial charge in [-0.15, -0.1) is 0 Å². The summed E-state index contributed by atoms with van der Waals surface area (Å²) in [6.45, 7) is 0.333. The average molecular weight is 410 g/mol. The van der Waals surface area contributed by atoms with E-state index in [1.165, 1.54) is 0 Å². The van der Waals surface area contributed by atoms with Crippen molar-refractivity contribution >= 4 is 22.9 Å². The van der Waals surface area contributed by atoms with Crippen molar-refractivity contribution in [3.63, 3.8) is 0 Å². The summed E-state index contributed by atoms with van der Waals surface area (Å²) in [7, 11) is 0. The number of fused-ring (bicyclic) bond motifs is 1. The maximum atomic E-state index is 12.1. The Morgan fingerprint density at radius 3 is 2.42 bits per heavy atom. The number of benzene rings is 4. The van der Waals surface area contributed by atoms with Crippen molar-refractivity contribution < 1.29 is 14.3 Å². The van der Waals surface area contributed by atoms with Gasteiger partial charge in [-0.2, -0.15) is 5.10 Å². The minimum atomic E-state index is -0.341. The topological polar surface area (TPSA) is 59.9 Å². The summed E-state index contributed by atoms with van der Waals surface area (Å²) >= 11 is 0. The molecule has 0 saturated heterocycles. The van der Waals surface area contributed by atoms with E-state index in [1.54, 1.807) is 6.21 Å². The number of nitrogens with zero attached hydrogens (tertiary/aromatic N) is 1. The maximum Gasteiger partial charge on any atom is 0.277 e. The second-order valence-corrected chi connectivity index (χ2v) is 6.90. The molecule has 0 heterocycles. The van der Waals surface area contributed by atoms with Crippen LogP contribution in [0.2, 0.25) is 0 Å². The largest absolute Gasteiger partial charge is 0.488 e. The van der Waals surface area contributed by atoms with Crippen molar-refractivity contribution in [3.8, 4) is 11.5 Å². The van der Waals surface area contributed by atoms with Crippen LogP contribution in [-0.4, -0.2) is 18.7 Å². The second kappa shape index (κ2) is 10.1. The normalized spacial score (nSPS) is 10.8. The van der Waals surface area contributed by atoms with E-state index in [9.17, 15) is 4.79 Å². The van der Waals surface area contributed by atoms with Crippen molar-refractivity contribution in [3.05, 3.63) is 108 Å². The van der Waals surface area contributed by atoms with E-state index in [2.05, 4.69) is 10.5 Å². The summed E-state index contributed by atoms with van der Waals surface area (Å²) < 4.78 is 11.5. The van der Waals surface area contributed by atoms with E-state index >= 15 is 0 Å². The van der Waals surface area contributed by atoms with E-state index in [-0.39, 0.29) is 12.5 Å². The lowest BCUT2D eigenvalue weighted by molar-refractivity contribution is -0.123. The summed E-state index contributed by atoms with van der Waals surface area (Å²) in [5.74, 6) is 0.987. The monoisotopic (exact) mass is 410 g/mol. The number of carbonyl (C=O) groups is 1. The molecule has 4 aromatic rings. The fourth-order valence-electron chi connectivity index (χ4n) is 3.07. The smallest absolute Gasteiger partial charge is 0.277 e. The number of nitrogens with one attached hydrogen (secondary N) is 1. The molecule has 5 nitrogen and oxygen atoms in total. The summed E-state index contributed by atoms with van der Waals surface area (Å²) in [6, 6.07) is 31.2. The molecule has 0 radical (unpaired) electrons. The quantitative estimate of drug-likeness (QED) is 0.330. The Hall–Kier alpha value is -4.12. The summed E-state index contributed by atoms with van der Waals surface area (Å²) in [5, 5.41) is 6.22. The molecule has 31 heavy (non-hydrogen) atoms. The Morgan fingerprint density at radius 1 is 0.806 bits per heavy atom. The van der Waals surface area contributed by atoms with Crippen molar-refractivity contribution in [2.45, 2.75) is 6.61 Å². The van der Waals surface area contributed by atoms with Crippen molar-refractivity contribution in [1.29, 1.82) is 0 Å². The lowest BCUT2D eigenvalue weighted by Crippen LogP contribution is -2.24. The summed E-state index contributed by atoms with van der Waals surface area (Å²) in [4.78, 5) is 12.1. The minimum absolute atomic E-state index is 0.123. The van der Waals surface area contributed by atoms with Crippen molar-refractivity contribution in [2.24, 2.45) is 5.10 Å². The van der Waals surface area contributed by atoms with E-state index in [0.717, 1.165) is 21.9 Å². The van der Waals surface area contributed by atoms with Gasteiger partial charge in [-0.05, 0) is 40.6 Å². The third-order valence-electron chi connectivity index (χ3n) is 4.64. The van der Waals surface area contributed by atoms with Gasteiger partial charge in [0.2, 0.25) is 0 Å². The SMILES string of the molecule is O=C(COc1ccc2ccccc2c1)N/N=C/c1ccccc1OCc1ccccc1. The van der Waals surface area contributed by atoms with Gasteiger partial charge in [0, 0.05) is 5.56 Å². The van der Waals surface area contributed by atoms with E-state index in [0.29, 0.717) is 18.1 Å². The predicted molar refractivity (Wildman–Crippen MR) is 122 cm³/mol. The number of hydrogen-bond acceptors (Lipinski definition) is 4. The van der Waals surface area contributed by atoms with Gasteiger partial charge < -0.3 is 9.47 Å². The Balaban J connectivity index is 1.30. The zero-order valence-electron chi connectivity index (χ0n) is 16.9. The number of hydrogen-bond donors (Lipinski definition) is 1. The van der Waals surface area contributed by atoms with Gasteiger partial charge in [0.25, 0.3) is 5.91 Å². The Morgan fingerprint density at radius 2 is 1.55 bits per heavy atom. The summed E-state index contributed by atoms with van der Waals surface area (Å²) in [5.41, 5.74) is 4.34. The molecule has 0 fully saturated rings. The van der Waals surface area contributed by atoms with E-state index < -0.39 is 0 Å². The zero-order chi connectivity index (χ0) is 21.3. The van der Waals surface area contributed by atoms with Crippen LogP contribution in [-0.2, 0) is 11.4 Å². The van der Waals surface area contributed by atoms with Crippen LogP contribution in [0.25, 0.3) is 10.8 Å². The third-order valence-corrected chi connectivity index (χ3v) is 4.64. The Bertz CT molecular complexity index is 1190. The molecule has 0 aliphatic rings. The highest BCUT2D eigenvalue weighted by Crippen LogP contribution is 2.20. The molecule has 0 saturated carbocycles. The van der Waals surface area contributed by atoms with Crippen LogP contribution in [0.4, 0.5) is 0 Å². The van der Waals surface area contributed by atoms with Gasteiger partial charge in [-0.25, -0.2) is 5.43 Å². The van der Waals surface area contributed by atoms with Crippen molar-refractivity contribution in [1.82, 2.24) is 5.43 Å². The number of hydrazone groups is 1. The van der Waals surface area contributed by atoms with Crippen molar-refractivity contribution in [2.75, 3.05) is 6.61 Å². The molecule has 0 atom stereocenters. The molecule has 0 aromatic heterocycles. The second-order valence-electron chi connectivity index (χ2n) is 6.90. The first-order valence-electron chi connectivity index (χ1n) is 9.97. The van der Waals surface area contributed by atoms with Gasteiger partial charge in [-0.3, -0.25) is 4.79 Å². The first-order valence-corrected chi connectivity index (χ1v) is 9.97. The van der Waals surface area contributed by atoms with Crippen LogP contribution >= 0.6 is 0 Å². The molecule has 4 aromatic carbocycles. The zero-order valence-corrected chi connectivity index (χ0v) is 16.9. The number of carbonyl (C=O) groups excluding carboxylic acids is 1. The molecule has 1 N–H and O–H groups in total. The molecule has 0 aliphatic carbocycles. The Labute approximate surface area is 180 Å². The number of para-hydroxylation sites is 1. The van der Waals surface area contributed by atoms with Crippen LogP contribution < -0.4 is 14.9 Å². The minimum Gasteiger partial charge on any atom is -0.488 e. The molecular formula is C26H22N2O3. The van der Waals surface area contributed by atoms with Crippen LogP contribution in [0.5, 0.6) is 11.5 Å². The van der Waals surface area contributed by atoms with Gasteiger partial charge in [0.1, 0.15) is 18.1 Å². The van der Waals surface area contributed by atoms with Gasteiger partial charge in [0.15, 0.2) is 6.61 Å². The van der Waals surface area contributed by atoms with Gasteiger partial charge in [0.05, 0.1) is 6.21 Å². The molecule has 0 bridgehead atoms. The molecule has 0 unspecified atom stereocenters. The number of ether oxygens (including phenoxy) is 2. The van der Waals surface area contributed by atoms with E-state index in [4.69, 9.17) is 9.47 Å². The molecule has 4 rings (SSSR count). The Kier molecular flexibility index (Phi) is 6.55. The highest BCUT2D eigenvalue weighted by Gasteiger charge is 2.04. The van der Waals surface area contributed by atoms with Crippen LogP contribution in [0, 0.1) is 0 Å². The number of amides is 1. The molecule has 5 heteroatoms. The lowest BCUT2D eigenvalue weighted by Gasteiger charge is -2.09. The fraction of sp³-hybridized carbons (Fsp3) is 0.0769. The highest BCUT2D eigenvalue weighted by atomic mass is 16.5. The van der Waals surface area contributed by atoms with Crippen LogP contribution in [0.15, 0.2) is 102 Å². The summed E-state index contributed by atoms with van der Waals surface area (Å²) in [6.07, 6.45) is 1.56. The van der Waals surface area contributed by atoms with Gasteiger partial charge in [-0.1, -0.05) is 72.8 Å². The number of rotatable bonds is 8. The van der Waals surface area contributed by atoms with Crippen LogP contribution in [0.1, 0.15) is 11.1 Å².